The first-order chi connectivity index (χ1) is 11.5. The van der Waals surface area contributed by atoms with Crippen LogP contribution in [0.1, 0.15) is 38.5 Å². The Hall–Kier alpha value is -1.64. The van der Waals surface area contributed by atoms with Gasteiger partial charge in [-0.25, -0.2) is 4.79 Å². The Morgan fingerprint density at radius 2 is 1.83 bits per heavy atom. The molecule has 1 aromatic carbocycles. The molecule has 7 heteroatoms. The summed E-state index contributed by atoms with van der Waals surface area (Å²) in [7, 11) is 0. The van der Waals surface area contributed by atoms with Crippen LogP contribution in [0.5, 0.6) is 0 Å². The van der Waals surface area contributed by atoms with Gasteiger partial charge in [0, 0.05) is 3.57 Å². The third kappa shape index (κ3) is 3.40. The number of nitrogens with one attached hydrogen (secondary N) is 2. The average molecular weight is 441 g/mol. The van der Waals surface area contributed by atoms with Crippen molar-refractivity contribution in [2.75, 3.05) is 11.9 Å². The molecule has 1 saturated carbocycles. The lowest BCUT2D eigenvalue weighted by Gasteiger charge is -2.24. The van der Waals surface area contributed by atoms with Crippen LogP contribution in [-0.4, -0.2) is 34.8 Å². The van der Waals surface area contributed by atoms with Gasteiger partial charge in [0.25, 0.3) is 5.91 Å². The molecule has 1 spiro atoms. The molecule has 2 fully saturated rings. The number of urea groups is 1. The third-order valence-electron chi connectivity index (χ3n) is 4.65. The highest BCUT2D eigenvalue weighted by Gasteiger charge is 2.51. The Morgan fingerprint density at radius 3 is 2.50 bits per heavy atom. The zero-order valence-electron chi connectivity index (χ0n) is 13.3. The number of carbonyl (C=O) groups is 3. The van der Waals surface area contributed by atoms with Gasteiger partial charge in [-0.2, -0.15) is 0 Å². The van der Waals surface area contributed by atoms with E-state index in [1.54, 1.807) is 6.07 Å². The second-order valence-electron chi connectivity index (χ2n) is 6.35. The molecule has 0 radical (unpaired) electrons. The summed E-state index contributed by atoms with van der Waals surface area (Å²) in [6, 6.07) is 6.92. The highest BCUT2D eigenvalue weighted by molar-refractivity contribution is 14.1. The molecule has 1 aliphatic heterocycles. The molecule has 24 heavy (non-hydrogen) atoms. The van der Waals surface area contributed by atoms with Crippen LogP contribution in [0, 0.1) is 3.57 Å². The van der Waals surface area contributed by atoms with Gasteiger partial charge in [-0.3, -0.25) is 14.5 Å². The fraction of sp³-hybridized carbons (Fsp3) is 0.471. The van der Waals surface area contributed by atoms with Crippen molar-refractivity contribution in [1.29, 1.82) is 0 Å². The molecule has 1 aromatic rings. The zero-order chi connectivity index (χ0) is 17.2. The van der Waals surface area contributed by atoms with Crippen LogP contribution in [0.3, 0.4) is 0 Å². The summed E-state index contributed by atoms with van der Waals surface area (Å²) in [6.07, 6.45) is 5.33. The molecule has 1 saturated heterocycles. The van der Waals surface area contributed by atoms with E-state index in [0.29, 0.717) is 18.5 Å². The zero-order valence-corrected chi connectivity index (χ0v) is 15.5. The number of anilines is 1. The first kappa shape index (κ1) is 17.2. The van der Waals surface area contributed by atoms with E-state index in [-0.39, 0.29) is 18.4 Å². The predicted octanol–water partition coefficient (Wildman–Crippen LogP) is 2.87. The minimum absolute atomic E-state index is 0.253. The molecule has 0 unspecified atom stereocenters. The lowest BCUT2D eigenvalue weighted by atomic mass is 9.90. The largest absolute Gasteiger partial charge is 0.325 e. The first-order valence-corrected chi connectivity index (χ1v) is 9.28. The number of imide groups is 1. The van der Waals surface area contributed by atoms with E-state index in [4.69, 9.17) is 0 Å². The molecule has 6 nitrogen and oxygen atoms in total. The Kier molecular flexibility index (Phi) is 5.07. The number of benzene rings is 1. The molecular formula is C17H20IN3O3. The Bertz CT molecular complexity index is 669. The van der Waals surface area contributed by atoms with Gasteiger partial charge in [-0.1, -0.05) is 37.8 Å². The van der Waals surface area contributed by atoms with Gasteiger partial charge in [0.2, 0.25) is 5.91 Å². The van der Waals surface area contributed by atoms with E-state index in [2.05, 4.69) is 33.2 Å². The number of halogens is 1. The van der Waals surface area contributed by atoms with Gasteiger partial charge in [-0.05, 0) is 47.6 Å². The van der Waals surface area contributed by atoms with Crippen LogP contribution in [0.25, 0.3) is 0 Å². The molecule has 0 aromatic heterocycles. The minimum Gasteiger partial charge on any atom is -0.324 e. The summed E-state index contributed by atoms with van der Waals surface area (Å²) < 4.78 is 0.904. The number of amides is 4. The van der Waals surface area contributed by atoms with Crippen LogP contribution in [0.15, 0.2) is 24.3 Å². The van der Waals surface area contributed by atoms with Crippen molar-refractivity contribution in [2.45, 2.75) is 44.1 Å². The molecule has 0 bridgehead atoms. The van der Waals surface area contributed by atoms with Crippen molar-refractivity contribution in [2.24, 2.45) is 0 Å². The molecule has 2 aliphatic rings. The second-order valence-corrected chi connectivity index (χ2v) is 7.51. The SMILES string of the molecule is O=C(CN1C(=O)NC2(CCCCCC2)C1=O)Nc1ccccc1I. The van der Waals surface area contributed by atoms with E-state index in [9.17, 15) is 14.4 Å². The van der Waals surface area contributed by atoms with Crippen molar-refractivity contribution >= 4 is 46.1 Å². The van der Waals surface area contributed by atoms with E-state index >= 15 is 0 Å². The summed E-state index contributed by atoms with van der Waals surface area (Å²) in [5.74, 6) is -0.624. The first-order valence-electron chi connectivity index (χ1n) is 8.20. The molecule has 1 aliphatic carbocycles. The number of hydrogen-bond donors (Lipinski definition) is 2. The van der Waals surface area contributed by atoms with Gasteiger partial charge in [0.05, 0.1) is 5.69 Å². The topological polar surface area (TPSA) is 78.5 Å². The number of rotatable bonds is 3. The fourth-order valence-electron chi connectivity index (χ4n) is 3.39. The molecule has 0 atom stereocenters. The lowest BCUT2D eigenvalue weighted by Crippen LogP contribution is -2.47. The van der Waals surface area contributed by atoms with Crippen molar-refractivity contribution in [3.8, 4) is 0 Å². The van der Waals surface area contributed by atoms with Gasteiger partial charge >= 0.3 is 6.03 Å². The van der Waals surface area contributed by atoms with E-state index in [1.807, 2.05) is 18.2 Å². The van der Waals surface area contributed by atoms with Gasteiger partial charge in [-0.15, -0.1) is 0 Å². The van der Waals surface area contributed by atoms with Crippen molar-refractivity contribution in [1.82, 2.24) is 10.2 Å². The smallest absolute Gasteiger partial charge is 0.324 e. The van der Waals surface area contributed by atoms with Crippen LogP contribution < -0.4 is 10.6 Å². The number of nitrogens with zero attached hydrogens (tertiary/aromatic N) is 1. The Morgan fingerprint density at radius 1 is 1.17 bits per heavy atom. The third-order valence-corrected chi connectivity index (χ3v) is 5.59. The second kappa shape index (κ2) is 7.08. The fourth-order valence-corrected chi connectivity index (χ4v) is 3.91. The van der Waals surface area contributed by atoms with Gasteiger partial charge < -0.3 is 10.6 Å². The van der Waals surface area contributed by atoms with Crippen molar-refractivity contribution < 1.29 is 14.4 Å². The van der Waals surface area contributed by atoms with E-state index < -0.39 is 11.6 Å². The lowest BCUT2D eigenvalue weighted by molar-refractivity contribution is -0.134. The van der Waals surface area contributed by atoms with Crippen LogP contribution in [0.2, 0.25) is 0 Å². The molecule has 4 amide bonds. The van der Waals surface area contributed by atoms with Gasteiger partial charge in [0.1, 0.15) is 12.1 Å². The maximum absolute atomic E-state index is 12.8. The normalized spacial score (nSPS) is 20.0. The molecule has 1 heterocycles. The maximum Gasteiger partial charge on any atom is 0.325 e. The Balaban J connectivity index is 1.68. The molecule has 3 rings (SSSR count). The van der Waals surface area contributed by atoms with E-state index in [1.165, 1.54) is 0 Å². The van der Waals surface area contributed by atoms with E-state index in [0.717, 1.165) is 34.2 Å². The minimum atomic E-state index is -0.797. The summed E-state index contributed by atoms with van der Waals surface area (Å²) in [6.45, 7) is -0.253. The molecular weight excluding hydrogens is 421 g/mol. The maximum atomic E-state index is 12.8. The van der Waals surface area contributed by atoms with Crippen LogP contribution >= 0.6 is 22.6 Å². The highest BCUT2D eigenvalue weighted by atomic mass is 127. The molecule has 2 N–H and O–H groups in total. The average Bonchev–Trinajstić information content (AvgIpc) is 2.73. The summed E-state index contributed by atoms with van der Waals surface area (Å²) in [5, 5.41) is 5.61. The number of hydrogen-bond acceptors (Lipinski definition) is 3. The summed E-state index contributed by atoms with van der Waals surface area (Å²) >= 11 is 2.13. The van der Waals surface area contributed by atoms with Crippen LogP contribution in [0.4, 0.5) is 10.5 Å². The monoisotopic (exact) mass is 441 g/mol. The van der Waals surface area contributed by atoms with Crippen molar-refractivity contribution in [3.63, 3.8) is 0 Å². The molecule has 128 valence electrons. The van der Waals surface area contributed by atoms with Crippen molar-refractivity contribution in [3.05, 3.63) is 27.8 Å². The quantitative estimate of drug-likeness (QED) is 0.560. The van der Waals surface area contributed by atoms with Gasteiger partial charge in [0.15, 0.2) is 0 Å². The summed E-state index contributed by atoms with van der Waals surface area (Å²) in [5.41, 5.74) is -0.117. The number of para-hydroxylation sites is 1. The standard InChI is InChI=1S/C17H20IN3O3/c18-12-7-3-4-8-13(12)19-14(22)11-21-15(23)17(20-16(21)24)9-5-1-2-6-10-17/h3-4,7-8H,1-2,5-6,9-11H2,(H,19,22)(H,20,24). The predicted molar refractivity (Wildman–Crippen MR) is 98.5 cm³/mol. The summed E-state index contributed by atoms with van der Waals surface area (Å²) in [4.78, 5) is 38.3. The highest BCUT2D eigenvalue weighted by Crippen LogP contribution is 2.32. The number of carbonyl (C=O) groups excluding carboxylic acids is 3. The van der Waals surface area contributed by atoms with Crippen LogP contribution in [-0.2, 0) is 9.59 Å². The Labute approximate surface area is 154 Å².